The zero-order chi connectivity index (χ0) is 17.5. The molecule has 1 saturated heterocycles. The van der Waals surface area contributed by atoms with Crippen LogP contribution in [0, 0.1) is 5.82 Å². The van der Waals surface area contributed by atoms with E-state index in [9.17, 15) is 4.39 Å². The fourth-order valence-electron chi connectivity index (χ4n) is 3.27. The van der Waals surface area contributed by atoms with E-state index >= 15 is 0 Å². The van der Waals surface area contributed by atoms with Crippen LogP contribution in [0.3, 0.4) is 0 Å². The molecule has 134 valence electrons. The van der Waals surface area contributed by atoms with Gasteiger partial charge in [0.15, 0.2) is 0 Å². The topological polar surface area (TPSA) is 15.7 Å². The standard InChI is InChI=1S/C21H27FN2O/c1-23-12-5-13-24(15-14-23)16-17-25-21(18-6-3-2-4-7-18)19-8-10-20(22)11-9-19/h2-4,6-11,21H,5,12-17H2,1H3. The Morgan fingerprint density at radius 2 is 1.64 bits per heavy atom. The molecule has 0 N–H and O–H groups in total. The molecule has 3 rings (SSSR count). The van der Waals surface area contributed by atoms with Gasteiger partial charge in [0, 0.05) is 19.6 Å². The summed E-state index contributed by atoms with van der Waals surface area (Å²) in [5.74, 6) is -0.218. The maximum absolute atomic E-state index is 13.3. The van der Waals surface area contributed by atoms with Gasteiger partial charge in [-0.1, -0.05) is 42.5 Å². The summed E-state index contributed by atoms with van der Waals surface area (Å²) in [7, 11) is 2.18. The molecule has 0 spiro atoms. The van der Waals surface area contributed by atoms with Crippen molar-refractivity contribution in [2.24, 2.45) is 0 Å². The third kappa shape index (κ3) is 5.36. The van der Waals surface area contributed by atoms with E-state index in [4.69, 9.17) is 4.74 Å². The number of rotatable bonds is 6. The number of benzene rings is 2. The summed E-state index contributed by atoms with van der Waals surface area (Å²) in [6.07, 6.45) is 1.05. The molecule has 0 aromatic heterocycles. The van der Waals surface area contributed by atoms with E-state index in [2.05, 4.69) is 29.0 Å². The van der Waals surface area contributed by atoms with Crippen LogP contribution < -0.4 is 0 Å². The fraction of sp³-hybridized carbons (Fsp3) is 0.429. The van der Waals surface area contributed by atoms with Gasteiger partial charge >= 0.3 is 0 Å². The monoisotopic (exact) mass is 342 g/mol. The number of likely N-dealkylation sites (N-methyl/N-ethyl adjacent to an activating group) is 1. The molecule has 1 aliphatic rings. The molecular formula is C21H27FN2O. The van der Waals surface area contributed by atoms with Crippen LogP contribution in [0.4, 0.5) is 4.39 Å². The molecule has 0 bridgehead atoms. The highest BCUT2D eigenvalue weighted by Gasteiger charge is 2.16. The molecule has 1 fully saturated rings. The highest BCUT2D eigenvalue weighted by molar-refractivity contribution is 5.30. The molecule has 25 heavy (non-hydrogen) atoms. The van der Waals surface area contributed by atoms with Crippen molar-refractivity contribution in [3.63, 3.8) is 0 Å². The minimum absolute atomic E-state index is 0.156. The Morgan fingerprint density at radius 1 is 0.920 bits per heavy atom. The van der Waals surface area contributed by atoms with Crippen molar-refractivity contribution < 1.29 is 9.13 Å². The van der Waals surface area contributed by atoms with Gasteiger partial charge in [0.05, 0.1) is 6.61 Å². The summed E-state index contributed by atoms with van der Waals surface area (Å²) in [6, 6.07) is 16.8. The van der Waals surface area contributed by atoms with Gasteiger partial charge in [-0.25, -0.2) is 4.39 Å². The molecule has 1 atom stereocenters. The predicted molar refractivity (Wildman–Crippen MR) is 99.2 cm³/mol. The maximum Gasteiger partial charge on any atom is 0.123 e. The molecule has 0 amide bonds. The second kappa shape index (κ2) is 9.09. The van der Waals surface area contributed by atoms with Gasteiger partial charge in [-0.2, -0.15) is 0 Å². The van der Waals surface area contributed by atoms with Crippen LogP contribution in [-0.2, 0) is 4.74 Å². The Morgan fingerprint density at radius 3 is 2.40 bits per heavy atom. The molecule has 3 nitrogen and oxygen atoms in total. The fourth-order valence-corrected chi connectivity index (χ4v) is 3.27. The molecule has 1 aliphatic heterocycles. The highest BCUT2D eigenvalue weighted by atomic mass is 19.1. The Hall–Kier alpha value is -1.75. The first kappa shape index (κ1) is 18.1. The molecule has 2 aromatic rings. The summed E-state index contributed by atoms with van der Waals surface area (Å²) in [6.45, 7) is 6.09. The van der Waals surface area contributed by atoms with Crippen LogP contribution in [0.25, 0.3) is 0 Å². The summed E-state index contributed by atoms with van der Waals surface area (Å²) >= 11 is 0. The lowest BCUT2D eigenvalue weighted by atomic mass is 10.0. The predicted octanol–water partition coefficient (Wildman–Crippen LogP) is 3.57. The van der Waals surface area contributed by atoms with Gasteiger partial charge < -0.3 is 9.64 Å². The van der Waals surface area contributed by atoms with E-state index in [0.29, 0.717) is 6.61 Å². The molecular weight excluding hydrogens is 315 g/mol. The van der Waals surface area contributed by atoms with Crippen LogP contribution in [0.2, 0.25) is 0 Å². The molecule has 0 saturated carbocycles. The van der Waals surface area contributed by atoms with Crippen molar-refractivity contribution in [2.45, 2.75) is 12.5 Å². The maximum atomic E-state index is 13.3. The van der Waals surface area contributed by atoms with Crippen LogP contribution in [0.15, 0.2) is 54.6 Å². The van der Waals surface area contributed by atoms with Gasteiger partial charge in [0.25, 0.3) is 0 Å². The third-order valence-electron chi connectivity index (χ3n) is 4.78. The molecule has 1 unspecified atom stereocenters. The molecule has 0 radical (unpaired) electrons. The summed E-state index contributed by atoms with van der Waals surface area (Å²) in [4.78, 5) is 4.85. The average molecular weight is 342 g/mol. The number of halogens is 1. The van der Waals surface area contributed by atoms with Crippen molar-refractivity contribution in [3.8, 4) is 0 Å². The summed E-state index contributed by atoms with van der Waals surface area (Å²) < 4.78 is 19.5. The van der Waals surface area contributed by atoms with E-state index in [1.165, 1.54) is 25.1 Å². The van der Waals surface area contributed by atoms with E-state index in [1.54, 1.807) is 0 Å². The van der Waals surface area contributed by atoms with Crippen molar-refractivity contribution in [3.05, 3.63) is 71.5 Å². The third-order valence-corrected chi connectivity index (χ3v) is 4.78. The summed E-state index contributed by atoms with van der Waals surface area (Å²) in [5.41, 5.74) is 2.09. The van der Waals surface area contributed by atoms with E-state index in [-0.39, 0.29) is 11.9 Å². The normalized spacial score (nSPS) is 18.0. The Bertz CT molecular complexity index is 632. The molecule has 1 heterocycles. The quantitative estimate of drug-likeness (QED) is 0.798. The Labute approximate surface area is 150 Å². The lowest BCUT2D eigenvalue weighted by Crippen LogP contribution is -2.32. The number of nitrogens with zero attached hydrogens (tertiary/aromatic N) is 2. The van der Waals surface area contributed by atoms with Crippen molar-refractivity contribution in [1.29, 1.82) is 0 Å². The largest absolute Gasteiger partial charge is 0.367 e. The second-order valence-electron chi connectivity index (χ2n) is 6.71. The molecule has 0 aliphatic carbocycles. The van der Waals surface area contributed by atoms with Gasteiger partial charge in [0.2, 0.25) is 0 Å². The van der Waals surface area contributed by atoms with E-state index < -0.39 is 0 Å². The Kier molecular flexibility index (Phi) is 6.56. The van der Waals surface area contributed by atoms with Crippen molar-refractivity contribution in [1.82, 2.24) is 9.80 Å². The second-order valence-corrected chi connectivity index (χ2v) is 6.71. The summed E-state index contributed by atoms with van der Waals surface area (Å²) in [5, 5.41) is 0. The van der Waals surface area contributed by atoms with Crippen molar-refractivity contribution >= 4 is 0 Å². The minimum Gasteiger partial charge on any atom is -0.367 e. The number of hydrogen-bond acceptors (Lipinski definition) is 3. The van der Waals surface area contributed by atoms with Gasteiger partial charge in [-0.3, -0.25) is 4.90 Å². The minimum atomic E-state index is -0.218. The van der Waals surface area contributed by atoms with Crippen LogP contribution >= 0.6 is 0 Å². The smallest absolute Gasteiger partial charge is 0.123 e. The SMILES string of the molecule is CN1CCCN(CCOC(c2ccccc2)c2ccc(F)cc2)CC1. The first-order chi connectivity index (χ1) is 12.2. The lowest BCUT2D eigenvalue weighted by molar-refractivity contribution is 0.0606. The lowest BCUT2D eigenvalue weighted by Gasteiger charge is -2.23. The Balaban J connectivity index is 1.63. The first-order valence-corrected chi connectivity index (χ1v) is 9.05. The van der Waals surface area contributed by atoms with Crippen LogP contribution in [-0.4, -0.2) is 56.2 Å². The zero-order valence-corrected chi connectivity index (χ0v) is 14.9. The van der Waals surface area contributed by atoms with Gasteiger partial charge in [-0.05, 0) is 49.8 Å². The highest BCUT2D eigenvalue weighted by Crippen LogP contribution is 2.26. The number of hydrogen-bond donors (Lipinski definition) is 0. The van der Waals surface area contributed by atoms with Crippen LogP contribution in [0.1, 0.15) is 23.7 Å². The van der Waals surface area contributed by atoms with Crippen LogP contribution in [0.5, 0.6) is 0 Å². The first-order valence-electron chi connectivity index (χ1n) is 9.05. The molecule has 4 heteroatoms. The molecule has 2 aromatic carbocycles. The van der Waals surface area contributed by atoms with E-state index in [1.807, 2.05) is 30.3 Å². The average Bonchev–Trinajstić information content (AvgIpc) is 2.85. The van der Waals surface area contributed by atoms with Crippen molar-refractivity contribution in [2.75, 3.05) is 46.4 Å². The zero-order valence-electron chi connectivity index (χ0n) is 14.9. The van der Waals surface area contributed by atoms with Gasteiger partial charge in [0.1, 0.15) is 11.9 Å². The van der Waals surface area contributed by atoms with E-state index in [0.717, 1.165) is 37.3 Å². The van der Waals surface area contributed by atoms with Gasteiger partial charge in [-0.15, -0.1) is 0 Å². The number of ether oxygens (including phenoxy) is 1.